The van der Waals surface area contributed by atoms with Crippen LogP contribution in [0.2, 0.25) is 36.3 Å². The second-order valence-electron chi connectivity index (χ2n) is 13.5. The Morgan fingerprint density at radius 2 is 1.29 bits per heavy atom. The van der Waals surface area contributed by atoms with Gasteiger partial charge in [0, 0.05) is 0 Å². The molecule has 0 N–H and O–H groups in total. The molecule has 2 rings (SSSR count). The van der Waals surface area contributed by atoms with Gasteiger partial charge < -0.3 is 18.1 Å². The molecule has 0 amide bonds. The number of benzene rings is 1. The number of hydrogen-bond donors (Lipinski definition) is 0. The average Bonchev–Trinajstić information content (AvgIpc) is 2.66. The van der Waals surface area contributed by atoms with Crippen LogP contribution in [0.4, 0.5) is 0 Å². The van der Waals surface area contributed by atoms with Crippen LogP contribution in [0.15, 0.2) is 46.4 Å². The Labute approximate surface area is 231 Å². The van der Waals surface area contributed by atoms with Crippen molar-refractivity contribution in [3.8, 4) is 0 Å². The van der Waals surface area contributed by atoms with Crippen LogP contribution in [0.3, 0.4) is 0 Å². The summed E-state index contributed by atoms with van der Waals surface area (Å²) >= 11 is 0. The second kappa shape index (κ2) is 11.0. The van der Waals surface area contributed by atoms with E-state index in [0.29, 0.717) is 11.7 Å². The molecule has 0 saturated carbocycles. The molecule has 0 spiro atoms. The molecule has 0 aliphatic carbocycles. The first kappa shape index (κ1) is 33.0. The van der Waals surface area contributed by atoms with Crippen molar-refractivity contribution in [1.29, 1.82) is 0 Å². The van der Waals surface area contributed by atoms with Gasteiger partial charge >= 0.3 is 18.9 Å². The quantitative estimate of drug-likeness (QED) is 0.458. The molecule has 1 unspecified atom stereocenters. The predicted molar refractivity (Wildman–Crippen MR) is 151 cm³/mol. The van der Waals surface area contributed by atoms with Crippen molar-refractivity contribution in [3.05, 3.63) is 41.5 Å². The van der Waals surface area contributed by atoms with Gasteiger partial charge in [0.05, 0.1) is 6.10 Å². The van der Waals surface area contributed by atoms with Crippen molar-refractivity contribution in [2.24, 2.45) is 0 Å². The Hall–Kier alpha value is 0.0212. The SMILES string of the molecule is CC(C)(C)[Si](C)(C)O[C@@H]1C=C(S([O-])(c2ccccc2)C(C)(C)C)OC[C@H]1O[Si](C)(C)C(C)(C)C.[Li+]. The van der Waals surface area contributed by atoms with Crippen molar-refractivity contribution in [2.75, 3.05) is 6.61 Å². The molecular formula is C27H49LiO4SSi2. The molecule has 8 heteroatoms. The van der Waals surface area contributed by atoms with E-state index in [9.17, 15) is 4.55 Å². The fraction of sp³-hybridized carbons (Fsp3) is 0.704. The minimum atomic E-state index is -2.68. The van der Waals surface area contributed by atoms with Crippen LogP contribution in [0.5, 0.6) is 0 Å². The van der Waals surface area contributed by atoms with Gasteiger partial charge in [-0.15, -0.1) is 0 Å². The topological polar surface area (TPSA) is 50.8 Å². The van der Waals surface area contributed by atoms with Crippen molar-refractivity contribution in [1.82, 2.24) is 0 Å². The van der Waals surface area contributed by atoms with Gasteiger partial charge in [-0.1, -0.05) is 92.6 Å². The molecule has 0 bridgehead atoms. The number of hydrogen-bond acceptors (Lipinski definition) is 4. The third-order valence-electron chi connectivity index (χ3n) is 7.77. The van der Waals surface area contributed by atoms with Crippen LogP contribution < -0.4 is 18.9 Å². The molecule has 196 valence electrons. The maximum atomic E-state index is 14.8. The minimum absolute atomic E-state index is 0. The molecule has 0 saturated heterocycles. The number of ether oxygens (including phenoxy) is 1. The summed E-state index contributed by atoms with van der Waals surface area (Å²) in [4.78, 5) is 0.795. The monoisotopic (exact) mass is 532 g/mol. The Bertz CT molecular complexity index is 870. The van der Waals surface area contributed by atoms with Crippen molar-refractivity contribution < 1.29 is 37.0 Å². The van der Waals surface area contributed by atoms with Gasteiger partial charge in [-0.2, -0.15) is 0 Å². The summed E-state index contributed by atoms with van der Waals surface area (Å²) in [7, 11) is -6.87. The molecule has 3 atom stereocenters. The zero-order valence-electron chi connectivity index (χ0n) is 24.9. The van der Waals surface area contributed by atoms with E-state index in [0.717, 1.165) is 4.90 Å². The first-order valence-corrected chi connectivity index (χ1v) is 19.8. The molecule has 1 aromatic rings. The molecule has 1 aliphatic rings. The van der Waals surface area contributed by atoms with Crippen LogP contribution in [-0.4, -0.2) is 44.7 Å². The molecular weight excluding hydrogens is 483 g/mol. The standard InChI is InChI=1S/C27H50O4SSi2.Li/c1-25(2,3)32(28,21-17-15-14-16-18-21)24-19-22(30-33(10,11)26(4,5)6)23(20-29-24)31-34(12,13)27(7,8)9;/h14-19,22-23,28H,20H2,1-13H3;/q;+1/p-1/t22-,23-;/m1./s1. The zero-order chi connectivity index (χ0) is 26.4. The van der Waals surface area contributed by atoms with E-state index in [2.05, 4.69) is 67.7 Å². The van der Waals surface area contributed by atoms with Gasteiger partial charge in [-0.3, -0.25) is 0 Å². The number of rotatable bonds is 6. The smallest absolute Gasteiger partial charge is 0.803 e. The van der Waals surface area contributed by atoms with Gasteiger partial charge in [0.15, 0.2) is 16.6 Å². The molecule has 4 nitrogen and oxygen atoms in total. The molecule has 0 aromatic heterocycles. The summed E-state index contributed by atoms with van der Waals surface area (Å²) < 4.78 is 34.4. The van der Waals surface area contributed by atoms with Crippen molar-refractivity contribution in [3.63, 3.8) is 0 Å². The van der Waals surface area contributed by atoms with Crippen LogP contribution >= 0.6 is 10.3 Å². The predicted octanol–water partition coefficient (Wildman–Crippen LogP) is 5.44. The largest absolute Gasteiger partial charge is 1.00 e. The van der Waals surface area contributed by atoms with Crippen LogP contribution in [0.25, 0.3) is 0 Å². The van der Waals surface area contributed by atoms with E-state index < -0.39 is 31.7 Å². The maximum Gasteiger partial charge on any atom is 1.00 e. The third-order valence-corrected chi connectivity index (χ3v) is 20.2. The summed E-state index contributed by atoms with van der Waals surface area (Å²) in [5.41, 5.74) is 0. The van der Waals surface area contributed by atoms with Crippen LogP contribution in [-0.2, 0) is 13.6 Å². The van der Waals surface area contributed by atoms with E-state index in [1.165, 1.54) is 0 Å². The Kier molecular flexibility index (Phi) is 10.4. The summed E-state index contributed by atoms with van der Waals surface area (Å²) in [6.07, 6.45) is 1.46. The first-order chi connectivity index (χ1) is 15.1. The van der Waals surface area contributed by atoms with Gasteiger partial charge in [0.25, 0.3) is 0 Å². The van der Waals surface area contributed by atoms with E-state index in [-0.39, 0.29) is 41.1 Å². The van der Waals surface area contributed by atoms with Gasteiger partial charge in [0.1, 0.15) is 17.8 Å². The molecule has 1 heterocycles. The van der Waals surface area contributed by atoms with E-state index >= 15 is 0 Å². The normalized spacial score (nSPS) is 22.9. The minimum Gasteiger partial charge on any atom is -0.803 e. The summed E-state index contributed by atoms with van der Waals surface area (Å²) in [6, 6.07) is 9.72. The van der Waals surface area contributed by atoms with Gasteiger partial charge in [0.2, 0.25) is 0 Å². The zero-order valence-corrected chi connectivity index (χ0v) is 27.7. The fourth-order valence-electron chi connectivity index (χ4n) is 3.39. The summed E-state index contributed by atoms with van der Waals surface area (Å²) in [5, 5.41) is 0.651. The molecule has 1 aromatic carbocycles. The van der Waals surface area contributed by atoms with E-state index in [1.54, 1.807) is 0 Å². The second-order valence-corrected chi connectivity index (χ2v) is 26.3. The fourth-order valence-corrected chi connectivity index (χ4v) is 8.60. The Morgan fingerprint density at radius 1 is 0.829 bits per heavy atom. The Balaban J connectivity index is 0.00000612. The van der Waals surface area contributed by atoms with E-state index in [4.69, 9.17) is 13.6 Å². The average molecular weight is 533 g/mol. The van der Waals surface area contributed by atoms with Gasteiger partial charge in [-0.25, -0.2) is 10.3 Å². The third kappa shape index (κ3) is 7.11. The van der Waals surface area contributed by atoms with Crippen LogP contribution in [0, 0.1) is 0 Å². The van der Waals surface area contributed by atoms with Gasteiger partial charge in [-0.05, 0) is 52.0 Å². The van der Waals surface area contributed by atoms with Crippen molar-refractivity contribution >= 4 is 26.9 Å². The Morgan fingerprint density at radius 3 is 1.71 bits per heavy atom. The van der Waals surface area contributed by atoms with E-state index in [1.807, 2.05) is 57.2 Å². The van der Waals surface area contributed by atoms with Crippen molar-refractivity contribution in [2.45, 2.75) is 120 Å². The molecule has 1 aliphatic heterocycles. The maximum absolute atomic E-state index is 14.8. The van der Waals surface area contributed by atoms with Crippen LogP contribution in [0.1, 0.15) is 62.3 Å². The first-order valence-electron chi connectivity index (χ1n) is 12.4. The molecule has 0 fully saturated rings. The molecule has 0 radical (unpaired) electrons. The summed E-state index contributed by atoms with van der Waals surface area (Å²) in [6.45, 7) is 28.9. The summed E-state index contributed by atoms with van der Waals surface area (Å²) in [5.74, 6) is 0. The molecule has 35 heavy (non-hydrogen) atoms.